The fourth-order valence-electron chi connectivity index (χ4n) is 2.72. The maximum absolute atomic E-state index is 13.0. The molecule has 0 bridgehead atoms. The fourth-order valence-corrected chi connectivity index (χ4v) is 3.55. The lowest BCUT2D eigenvalue weighted by Gasteiger charge is -2.15. The van der Waals surface area contributed by atoms with Crippen LogP contribution in [0.25, 0.3) is 11.3 Å². The van der Waals surface area contributed by atoms with Gasteiger partial charge in [0.2, 0.25) is 0 Å². The molecule has 6 heteroatoms. The normalized spacial score (nSPS) is 11.0. The zero-order valence-electron chi connectivity index (χ0n) is 14.1. The highest BCUT2D eigenvalue weighted by Crippen LogP contribution is 2.27. The highest BCUT2D eigenvalue weighted by Gasteiger charge is 2.10. The van der Waals surface area contributed by atoms with E-state index in [0.29, 0.717) is 0 Å². The van der Waals surface area contributed by atoms with Crippen LogP contribution in [-0.2, 0) is 6.42 Å². The predicted octanol–water partition coefficient (Wildman–Crippen LogP) is 4.36. The standard InChI is InChI=1S/C18H21FN4S/c1-12-16(13(2)22-21-12)5-4-10-23(3)18-20-17(11-24-18)14-6-8-15(19)9-7-14/h6-9,11H,4-5,10H2,1-3H3,(H,21,22). The molecule has 3 rings (SSSR count). The predicted molar refractivity (Wildman–Crippen MR) is 97.2 cm³/mol. The van der Waals surface area contributed by atoms with Crippen molar-refractivity contribution in [3.05, 3.63) is 52.4 Å². The number of H-pyrrole nitrogens is 1. The number of nitrogens with one attached hydrogen (secondary N) is 1. The van der Waals surface area contributed by atoms with Crippen LogP contribution in [0.3, 0.4) is 0 Å². The molecule has 24 heavy (non-hydrogen) atoms. The molecule has 0 spiro atoms. The van der Waals surface area contributed by atoms with Gasteiger partial charge in [0.1, 0.15) is 5.82 Å². The first-order valence-corrected chi connectivity index (χ1v) is 8.85. The molecule has 0 aliphatic rings. The van der Waals surface area contributed by atoms with Crippen molar-refractivity contribution < 1.29 is 4.39 Å². The Labute approximate surface area is 145 Å². The van der Waals surface area contributed by atoms with Crippen LogP contribution in [-0.4, -0.2) is 28.8 Å². The number of aryl methyl sites for hydroxylation is 2. The highest BCUT2D eigenvalue weighted by atomic mass is 32.1. The number of aromatic amines is 1. The largest absolute Gasteiger partial charge is 0.351 e. The Bertz CT molecular complexity index is 787. The first kappa shape index (κ1) is 16.6. The first-order valence-electron chi connectivity index (χ1n) is 7.97. The van der Waals surface area contributed by atoms with Gasteiger partial charge in [0, 0.05) is 30.2 Å². The van der Waals surface area contributed by atoms with Gasteiger partial charge in [-0.05, 0) is 56.5 Å². The van der Waals surface area contributed by atoms with E-state index in [1.807, 2.05) is 12.3 Å². The van der Waals surface area contributed by atoms with Crippen LogP contribution in [0.2, 0.25) is 0 Å². The minimum absolute atomic E-state index is 0.226. The Morgan fingerprint density at radius 2 is 1.96 bits per heavy atom. The van der Waals surface area contributed by atoms with E-state index in [1.54, 1.807) is 23.5 Å². The summed E-state index contributed by atoms with van der Waals surface area (Å²) in [5.41, 5.74) is 5.39. The summed E-state index contributed by atoms with van der Waals surface area (Å²) < 4.78 is 13.0. The fraction of sp³-hybridized carbons (Fsp3) is 0.333. The molecule has 1 N–H and O–H groups in total. The number of hydrogen-bond acceptors (Lipinski definition) is 4. The molecular weight excluding hydrogens is 323 g/mol. The molecule has 0 fully saturated rings. The number of halogens is 1. The Morgan fingerprint density at radius 1 is 1.21 bits per heavy atom. The van der Waals surface area contributed by atoms with E-state index in [1.165, 1.54) is 17.7 Å². The molecule has 0 aliphatic carbocycles. The van der Waals surface area contributed by atoms with E-state index in [2.05, 4.69) is 34.1 Å². The van der Waals surface area contributed by atoms with E-state index in [9.17, 15) is 4.39 Å². The summed E-state index contributed by atoms with van der Waals surface area (Å²) >= 11 is 1.61. The Morgan fingerprint density at radius 3 is 2.62 bits per heavy atom. The van der Waals surface area contributed by atoms with E-state index < -0.39 is 0 Å². The van der Waals surface area contributed by atoms with Crippen molar-refractivity contribution in [2.24, 2.45) is 0 Å². The number of hydrogen-bond donors (Lipinski definition) is 1. The molecule has 2 aromatic heterocycles. The van der Waals surface area contributed by atoms with E-state index in [-0.39, 0.29) is 5.82 Å². The summed E-state index contributed by atoms with van der Waals surface area (Å²) in [4.78, 5) is 6.83. The lowest BCUT2D eigenvalue weighted by molar-refractivity contribution is 0.628. The van der Waals surface area contributed by atoms with Gasteiger partial charge in [0.15, 0.2) is 5.13 Å². The van der Waals surface area contributed by atoms with Crippen molar-refractivity contribution in [3.8, 4) is 11.3 Å². The van der Waals surface area contributed by atoms with Gasteiger partial charge in [0.25, 0.3) is 0 Å². The van der Waals surface area contributed by atoms with Crippen LogP contribution in [0.5, 0.6) is 0 Å². The minimum Gasteiger partial charge on any atom is -0.351 e. The first-order chi connectivity index (χ1) is 11.5. The van der Waals surface area contributed by atoms with Gasteiger partial charge in [-0.25, -0.2) is 9.37 Å². The van der Waals surface area contributed by atoms with Gasteiger partial charge < -0.3 is 4.90 Å². The molecule has 0 saturated heterocycles. The van der Waals surface area contributed by atoms with Crippen LogP contribution in [0.1, 0.15) is 23.4 Å². The van der Waals surface area contributed by atoms with Gasteiger partial charge >= 0.3 is 0 Å². The highest BCUT2D eigenvalue weighted by molar-refractivity contribution is 7.14. The number of anilines is 1. The number of benzene rings is 1. The van der Waals surface area contributed by atoms with Crippen molar-refractivity contribution in [1.82, 2.24) is 15.2 Å². The van der Waals surface area contributed by atoms with Gasteiger partial charge in [0.05, 0.1) is 11.4 Å². The van der Waals surface area contributed by atoms with Gasteiger partial charge in [-0.3, -0.25) is 5.10 Å². The lowest BCUT2D eigenvalue weighted by Crippen LogP contribution is -2.18. The summed E-state index contributed by atoms with van der Waals surface area (Å²) in [6.07, 6.45) is 2.05. The minimum atomic E-state index is -0.226. The maximum Gasteiger partial charge on any atom is 0.185 e. The third-order valence-electron chi connectivity index (χ3n) is 4.16. The SMILES string of the molecule is Cc1n[nH]c(C)c1CCCN(C)c1nc(-c2ccc(F)cc2)cs1. The molecule has 4 nitrogen and oxygen atoms in total. The van der Waals surface area contributed by atoms with Gasteiger partial charge in [-0.2, -0.15) is 5.10 Å². The van der Waals surface area contributed by atoms with Crippen LogP contribution >= 0.6 is 11.3 Å². The number of rotatable bonds is 6. The molecule has 0 amide bonds. The topological polar surface area (TPSA) is 44.8 Å². The number of thiazole rings is 1. The van der Waals surface area contributed by atoms with Crippen molar-refractivity contribution >= 4 is 16.5 Å². The van der Waals surface area contributed by atoms with Crippen LogP contribution in [0, 0.1) is 19.7 Å². The molecule has 3 aromatic rings. The molecule has 0 atom stereocenters. The Hall–Kier alpha value is -2.21. The van der Waals surface area contributed by atoms with Crippen molar-refractivity contribution in [2.45, 2.75) is 26.7 Å². The monoisotopic (exact) mass is 344 g/mol. The zero-order chi connectivity index (χ0) is 17.1. The van der Waals surface area contributed by atoms with E-state index in [4.69, 9.17) is 0 Å². The summed E-state index contributed by atoms with van der Waals surface area (Å²) in [5, 5.41) is 10.3. The Kier molecular flexibility index (Phi) is 4.94. The molecule has 126 valence electrons. The van der Waals surface area contributed by atoms with Crippen LogP contribution in [0.15, 0.2) is 29.6 Å². The molecular formula is C18H21FN4S. The van der Waals surface area contributed by atoms with Gasteiger partial charge in [-0.15, -0.1) is 11.3 Å². The van der Waals surface area contributed by atoms with Gasteiger partial charge in [-0.1, -0.05) is 0 Å². The summed E-state index contributed by atoms with van der Waals surface area (Å²) in [7, 11) is 2.06. The summed E-state index contributed by atoms with van der Waals surface area (Å²) in [6, 6.07) is 6.46. The zero-order valence-corrected chi connectivity index (χ0v) is 15.0. The van der Waals surface area contributed by atoms with E-state index in [0.717, 1.165) is 47.2 Å². The molecule has 1 aromatic carbocycles. The molecule has 0 unspecified atom stereocenters. The molecule has 2 heterocycles. The average molecular weight is 344 g/mol. The quantitative estimate of drug-likeness (QED) is 0.723. The van der Waals surface area contributed by atoms with Crippen molar-refractivity contribution in [3.63, 3.8) is 0 Å². The maximum atomic E-state index is 13.0. The second-order valence-electron chi connectivity index (χ2n) is 5.96. The van der Waals surface area contributed by atoms with E-state index >= 15 is 0 Å². The lowest BCUT2D eigenvalue weighted by atomic mass is 10.1. The number of aromatic nitrogens is 3. The molecule has 0 saturated carbocycles. The molecule has 0 aliphatic heterocycles. The summed E-state index contributed by atoms with van der Waals surface area (Å²) in [5.74, 6) is -0.226. The molecule has 0 radical (unpaired) electrons. The average Bonchev–Trinajstić information content (AvgIpc) is 3.17. The Balaban J connectivity index is 1.59. The third kappa shape index (κ3) is 3.64. The van der Waals surface area contributed by atoms with Crippen molar-refractivity contribution in [2.75, 3.05) is 18.5 Å². The second kappa shape index (κ2) is 7.13. The van der Waals surface area contributed by atoms with Crippen molar-refractivity contribution in [1.29, 1.82) is 0 Å². The smallest absolute Gasteiger partial charge is 0.185 e. The van der Waals surface area contributed by atoms with Crippen LogP contribution < -0.4 is 4.90 Å². The third-order valence-corrected chi connectivity index (χ3v) is 5.11. The van der Waals surface area contributed by atoms with Crippen LogP contribution in [0.4, 0.5) is 9.52 Å². The second-order valence-corrected chi connectivity index (χ2v) is 6.80. The number of nitrogens with zero attached hydrogens (tertiary/aromatic N) is 3. The summed E-state index contributed by atoms with van der Waals surface area (Å²) in [6.45, 7) is 5.04.